The first-order chi connectivity index (χ1) is 12.7. The van der Waals surface area contributed by atoms with Crippen molar-refractivity contribution in [2.24, 2.45) is 4.99 Å². The minimum absolute atomic E-state index is 0.222. The number of amidine groups is 1. The van der Waals surface area contributed by atoms with Gasteiger partial charge in [0.2, 0.25) is 0 Å². The maximum atomic E-state index is 13.0. The van der Waals surface area contributed by atoms with Crippen molar-refractivity contribution in [1.29, 1.82) is 0 Å². The third kappa shape index (κ3) is 3.65. The molecule has 132 valence electrons. The Labute approximate surface area is 156 Å². The van der Waals surface area contributed by atoms with E-state index in [1.807, 2.05) is 18.2 Å². The van der Waals surface area contributed by atoms with Crippen LogP contribution in [0.2, 0.25) is 0 Å². The number of rotatable bonds is 2. The second-order valence-electron chi connectivity index (χ2n) is 6.17. The highest BCUT2D eigenvalue weighted by Crippen LogP contribution is 2.31. The van der Waals surface area contributed by atoms with Crippen LogP contribution in [-0.4, -0.2) is 42.2 Å². The number of nitrogens with zero attached hydrogens (tertiary/aromatic N) is 3. The van der Waals surface area contributed by atoms with E-state index >= 15 is 0 Å². The van der Waals surface area contributed by atoms with Gasteiger partial charge in [-0.15, -0.1) is 0 Å². The fraction of sp³-hybridized carbons (Fsp3) is 0.200. The highest BCUT2D eigenvalue weighted by atomic mass is 32.2. The van der Waals surface area contributed by atoms with Crippen LogP contribution < -0.4 is 4.90 Å². The molecule has 0 bridgehead atoms. The fourth-order valence-corrected chi connectivity index (χ4v) is 4.00. The van der Waals surface area contributed by atoms with Gasteiger partial charge in [0.15, 0.2) is 5.17 Å². The van der Waals surface area contributed by atoms with Gasteiger partial charge in [0.05, 0.1) is 4.91 Å². The molecule has 0 saturated carbocycles. The van der Waals surface area contributed by atoms with Gasteiger partial charge in [-0.25, -0.2) is 4.39 Å². The molecule has 0 N–H and O–H groups in total. The van der Waals surface area contributed by atoms with Gasteiger partial charge in [-0.2, -0.15) is 4.99 Å². The van der Waals surface area contributed by atoms with Crippen LogP contribution in [-0.2, 0) is 4.79 Å². The van der Waals surface area contributed by atoms with Gasteiger partial charge < -0.3 is 9.80 Å². The molecule has 2 aliphatic heterocycles. The van der Waals surface area contributed by atoms with Crippen molar-refractivity contribution in [1.82, 2.24) is 4.90 Å². The van der Waals surface area contributed by atoms with Crippen LogP contribution in [0.1, 0.15) is 5.56 Å². The summed E-state index contributed by atoms with van der Waals surface area (Å²) in [5.74, 6) is -0.509. The number of amides is 1. The summed E-state index contributed by atoms with van der Waals surface area (Å²) in [6.07, 6.45) is 1.77. The third-order valence-corrected chi connectivity index (χ3v) is 5.49. The summed E-state index contributed by atoms with van der Waals surface area (Å²) in [6.45, 7) is 3.46. The Morgan fingerprint density at radius 2 is 1.58 bits per heavy atom. The molecular formula is C20H18FN3OS. The number of halogens is 1. The van der Waals surface area contributed by atoms with Crippen LogP contribution in [0.25, 0.3) is 6.08 Å². The Morgan fingerprint density at radius 1 is 0.923 bits per heavy atom. The van der Waals surface area contributed by atoms with E-state index in [0.717, 1.165) is 36.9 Å². The second-order valence-corrected chi connectivity index (χ2v) is 7.18. The highest BCUT2D eigenvalue weighted by Gasteiger charge is 2.28. The van der Waals surface area contributed by atoms with Crippen molar-refractivity contribution in [3.8, 4) is 0 Å². The van der Waals surface area contributed by atoms with E-state index in [0.29, 0.717) is 4.91 Å². The van der Waals surface area contributed by atoms with Gasteiger partial charge in [-0.3, -0.25) is 4.79 Å². The van der Waals surface area contributed by atoms with Gasteiger partial charge in [-0.05, 0) is 47.7 Å². The molecule has 4 nitrogen and oxygen atoms in total. The Bertz CT molecular complexity index is 856. The summed E-state index contributed by atoms with van der Waals surface area (Å²) in [5.41, 5.74) is 2.02. The van der Waals surface area contributed by atoms with E-state index in [1.165, 1.54) is 29.6 Å². The minimum Gasteiger partial charge on any atom is -0.368 e. The largest absolute Gasteiger partial charge is 0.368 e. The molecule has 1 amide bonds. The fourth-order valence-electron chi connectivity index (χ4n) is 3.04. The average Bonchev–Trinajstić information content (AvgIpc) is 3.05. The number of piperazine rings is 1. The van der Waals surface area contributed by atoms with Crippen LogP contribution in [0.4, 0.5) is 10.1 Å². The summed E-state index contributed by atoms with van der Waals surface area (Å²) in [7, 11) is 0. The van der Waals surface area contributed by atoms with Crippen LogP contribution in [0, 0.1) is 5.82 Å². The number of para-hydroxylation sites is 1. The summed E-state index contributed by atoms with van der Waals surface area (Å²) in [6, 6.07) is 16.4. The molecule has 0 spiro atoms. The van der Waals surface area contributed by atoms with Crippen molar-refractivity contribution < 1.29 is 9.18 Å². The number of carbonyl (C=O) groups excluding carboxylic acids is 1. The summed E-state index contributed by atoms with van der Waals surface area (Å²) in [4.78, 5) is 21.5. The molecule has 26 heavy (non-hydrogen) atoms. The molecular weight excluding hydrogens is 349 g/mol. The number of thioether (sulfide) groups is 1. The standard InChI is InChI=1S/C20H18FN3OS/c21-16-8-6-15(7-9-16)14-18-19(25)22-20(26-18)24-12-10-23(11-13-24)17-4-2-1-3-5-17/h1-9,14H,10-13H2. The topological polar surface area (TPSA) is 35.9 Å². The normalized spacial score (nSPS) is 19.2. The quantitative estimate of drug-likeness (QED) is 0.760. The number of benzene rings is 2. The molecule has 0 aromatic heterocycles. The van der Waals surface area contributed by atoms with Crippen LogP contribution in [0.5, 0.6) is 0 Å². The Hall–Kier alpha value is -2.60. The van der Waals surface area contributed by atoms with Gasteiger partial charge in [0.25, 0.3) is 5.91 Å². The molecule has 0 atom stereocenters. The van der Waals surface area contributed by atoms with E-state index in [-0.39, 0.29) is 11.7 Å². The minimum atomic E-state index is -0.286. The molecule has 2 aromatic carbocycles. The van der Waals surface area contributed by atoms with Crippen molar-refractivity contribution >= 4 is 34.6 Å². The van der Waals surface area contributed by atoms with E-state index < -0.39 is 0 Å². The number of hydrogen-bond donors (Lipinski definition) is 0. The molecule has 0 unspecified atom stereocenters. The number of hydrogen-bond acceptors (Lipinski definition) is 4. The molecule has 0 aliphatic carbocycles. The lowest BCUT2D eigenvalue weighted by molar-refractivity contribution is -0.113. The zero-order valence-electron chi connectivity index (χ0n) is 14.1. The summed E-state index contributed by atoms with van der Waals surface area (Å²) >= 11 is 1.40. The van der Waals surface area contributed by atoms with Gasteiger partial charge in [0.1, 0.15) is 5.82 Å². The molecule has 1 saturated heterocycles. The first kappa shape index (κ1) is 16.8. The lowest BCUT2D eigenvalue weighted by atomic mass is 10.2. The zero-order chi connectivity index (χ0) is 17.9. The van der Waals surface area contributed by atoms with Gasteiger partial charge in [-0.1, -0.05) is 30.3 Å². The zero-order valence-corrected chi connectivity index (χ0v) is 15.0. The monoisotopic (exact) mass is 367 g/mol. The van der Waals surface area contributed by atoms with Gasteiger partial charge >= 0.3 is 0 Å². The maximum Gasteiger partial charge on any atom is 0.286 e. The van der Waals surface area contributed by atoms with Crippen LogP contribution >= 0.6 is 11.8 Å². The van der Waals surface area contributed by atoms with E-state index in [2.05, 4.69) is 26.9 Å². The molecule has 2 aliphatic rings. The lowest BCUT2D eigenvalue weighted by Crippen LogP contribution is -2.47. The van der Waals surface area contributed by atoms with E-state index in [4.69, 9.17) is 0 Å². The Morgan fingerprint density at radius 3 is 2.27 bits per heavy atom. The average molecular weight is 367 g/mol. The lowest BCUT2D eigenvalue weighted by Gasteiger charge is -2.36. The van der Waals surface area contributed by atoms with E-state index in [1.54, 1.807) is 18.2 Å². The summed E-state index contributed by atoms with van der Waals surface area (Å²) < 4.78 is 13.0. The smallest absolute Gasteiger partial charge is 0.286 e. The first-order valence-electron chi connectivity index (χ1n) is 8.52. The number of aliphatic imine (C=N–C) groups is 1. The van der Waals surface area contributed by atoms with Crippen molar-refractivity contribution in [2.75, 3.05) is 31.1 Å². The maximum absolute atomic E-state index is 13.0. The predicted octanol–water partition coefficient (Wildman–Crippen LogP) is 3.62. The Balaban J connectivity index is 1.40. The van der Waals surface area contributed by atoms with Crippen molar-refractivity contribution in [3.63, 3.8) is 0 Å². The SMILES string of the molecule is O=C1N=C(N2CCN(c3ccccc3)CC2)SC1=Cc1ccc(F)cc1. The second kappa shape index (κ2) is 7.33. The van der Waals surface area contributed by atoms with Crippen LogP contribution in [0.3, 0.4) is 0 Å². The molecule has 1 fully saturated rings. The van der Waals surface area contributed by atoms with E-state index in [9.17, 15) is 9.18 Å². The number of carbonyl (C=O) groups is 1. The molecule has 4 rings (SSSR count). The summed E-state index contributed by atoms with van der Waals surface area (Å²) in [5, 5.41) is 0.760. The first-order valence-corrected chi connectivity index (χ1v) is 9.34. The Kier molecular flexibility index (Phi) is 4.75. The molecule has 0 radical (unpaired) electrons. The number of anilines is 1. The highest BCUT2D eigenvalue weighted by molar-refractivity contribution is 8.18. The predicted molar refractivity (Wildman–Crippen MR) is 105 cm³/mol. The molecule has 2 heterocycles. The molecule has 6 heteroatoms. The van der Waals surface area contributed by atoms with Crippen LogP contribution in [0.15, 0.2) is 64.5 Å². The van der Waals surface area contributed by atoms with Crippen molar-refractivity contribution in [3.05, 3.63) is 70.9 Å². The third-order valence-electron chi connectivity index (χ3n) is 4.45. The molecule has 2 aromatic rings. The van der Waals surface area contributed by atoms with Gasteiger partial charge in [0, 0.05) is 31.9 Å². The van der Waals surface area contributed by atoms with Crippen molar-refractivity contribution in [2.45, 2.75) is 0 Å².